The van der Waals surface area contributed by atoms with Crippen molar-refractivity contribution in [1.29, 1.82) is 0 Å². The fourth-order valence-electron chi connectivity index (χ4n) is 3.52. The largest absolute Gasteiger partial charge is 0.466 e. The Morgan fingerprint density at radius 3 is 2.19 bits per heavy atom. The van der Waals surface area contributed by atoms with Crippen molar-refractivity contribution in [2.75, 3.05) is 32.8 Å². The third-order valence-corrected chi connectivity index (χ3v) is 4.85. The van der Waals surface area contributed by atoms with E-state index >= 15 is 0 Å². The predicted octanol–water partition coefficient (Wildman–Crippen LogP) is 2.44. The van der Waals surface area contributed by atoms with E-state index in [2.05, 4.69) is 0 Å². The predicted molar refractivity (Wildman–Crippen MR) is 96.5 cm³/mol. The van der Waals surface area contributed by atoms with Gasteiger partial charge in [-0.1, -0.05) is 0 Å². The summed E-state index contributed by atoms with van der Waals surface area (Å²) in [4.78, 5) is 40.4. The number of esters is 1. The fraction of sp³-hybridized carbons (Fsp3) is 0.842. The molecule has 2 aliphatic rings. The molecule has 0 aromatic carbocycles. The molecule has 0 aromatic heterocycles. The van der Waals surface area contributed by atoms with Crippen molar-refractivity contribution in [3.05, 3.63) is 0 Å². The van der Waals surface area contributed by atoms with Crippen LogP contribution in [-0.4, -0.2) is 66.2 Å². The molecule has 2 heterocycles. The molecule has 0 spiro atoms. The fourth-order valence-corrected chi connectivity index (χ4v) is 3.52. The Bertz CT molecular complexity index is 521. The minimum Gasteiger partial charge on any atom is -0.466 e. The lowest BCUT2D eigenvalue weighted by Gasteiger charge is -2.37. The van der Waals surface area contributed by atoms with E-state index in [4.69, 9.17) is 9.47 Å². The van der Waals surface area contributed by atoms with Gasteiger partial charge in [-0.15, -0.1) is 0 Å². The van der Waals surface area contributed by atoms with Gasteiger partial charge >= 0.3 is 12.1 Å². The summed E-state index contributed by atoms with van der Waals surface area (Å²) in [6.07, 6.45) is 2.53. The number of rotatable bonds is 3. The molecule has 0 aromatic rings. The molecule has 26 heavy (non-hydrogen) atoms. The molecule has 2 amide bonds. The number of likely N-dealkylation sites (tertiary alicyclic amines) is 2. The van der Waals surface area contributed by atoms with Gasteiger partial charge in [0, 0.05) is 26.2 Å². The Balaban J connectivity index is 1.86. The summed E-state index contributed by atoms with van der Waals surface area (Å²) in [6, 6.07) is 0. The number of piperidine rings is 2. The highest BCUT2D eigenvalue weighted by atomic mass is 16.6. The molecule has 2 fully saturated rings. The number of carbonyl (C=O) groups excluding carboxylic acids is 3. The summed E-state index contributed by atoms with van der Waals surface area (Å²) in [5.41, 5.74) is -0.539. The zero-order valence-electron chi connectivity index (χ0n) is 16.5. The van der Waals surface area contributed by atoms with Crippen molar-refractivity contribution in [3.63, 3.8) is 0 Å². The van der Waals surface area contributed by atoms with Crippen LogP contribution >= 0.6 is 0 Å². The SMILES string of the molecule is CCOC(=O)C1CCN(C(=O)C2CCCN(C(=O)OC(C)(C)C)C2)CC1. The van der Waals surface area contributed by atoms with Crippen LogP contribution in [0.25, 0.3) is 0 Å². The number of ether oxygens (including phenoxy) is 2. The van der Waals surface area contributed by atoms with Crippen LogP contribution in [0.3, 0.4) is 0 Å². The van der Waals surface area contributed by atoms with E-state index in [9.17, 15) is 14.4 Å². The molecule has 7 heteroatoms. The second kappa shape index (κ2) is 8.73. The Morgan fingerprint density at radius 1 is 0.962 bits per heavy atom. The number of nitrogens with zero attached hydrogens (tertiary/aromatic N) is 2. The van der Waals surface area contributed by atoms with E-state index in [1.54, 1.807) is 11.8 Å². The van der Waals surface area contributed by atoms with Gasteiger partial charge in [-0.05, 0) is 53.4 Å². The minimum atomic E-state index is -0.539. The monoisotopic (exact) mass is 368 g/mol. The number of carbonyl (C=O) groups is 3. The van der Waals surface area contributed by atoms with E-state index in [-0.39, 0.29) is 29.8 Å². The van der Waals surface area contributed by atoms with Crippen LogP contribution in [0.5, 0.6) is 0 Å². The Hall–Kier alpha value is -1.79. The van der Waals surface area contributed by atoms with Gasteiger partial charge in [0.25, 0.3) is 0 Å². The second-order valence-corrected chi connectivity index (χ2v) is 8.12. The van der Waals surface area contributed by atoms with E-state index < -0.39 is 5.60 Å². The number of hydrogen-bond donors (Lipinski definition) is 0. The van der Waals surface area contributed by atoms with E-state index in [0.29, 0.717) is 45.6 Å². The van der Waals surface area contributed by atoms with Crippen molar-refractivity contribution >= 4 is 18.0 Å². The molecule has 1 atom stereocenters. The molecule has 0 bridgehead atoms. The van der Waals surface area contributed by atoms with Gasteiger partial charge in [0.15, 0.2) is 0 Å². The first-order valence-electron chi connectivity index (χ1n) is 9.64. The van der Waals surface area contributed by atoms with Crippen LogP contribution in [0, 0.1) is 11.8 Å². The van der Waals surface area contributed by atoms with Gasteiger partial charge in [0.1, 0.15) is 5.60 Å². The van der Waals surface area contributed by atoms with Crippen LogP contribution < -0.4 is 0 Å². The number of hydrogen-bond acceptors (Lipinski definition) is 5. The zero-order chi connectivity index (χ0) is 19.3. The maximum Gasteiger partial charge on any atom is 0.410 e. The lowest BCUT2D eigenvalue weighted by molar-refractivity contribution is -0.152. The summed E-state index contributed by atoms with van der Waals surface area (Å²) >= 11 is 0. The van der Waals surface area contributed by atoms with Crippen molar-refractivity contribution in [3.8, 4) is 0 Å². The lowest BCUT2D eigenvalue weighted by atomic mass is 9.93. The molecule has 0 radical (unpaired) electrons. The molecule has 1 unspecified atom stereocenters. The molecule has 2 rings (SSSR count). The van der Waals surface area contributed by atoms with Crippen molar-refractivity contribution < 1.29 is 23.9 Å². The third kappa shape index (κ3) is 5.61. The normalized spacial score (nSPS) is 22.1. The Labute approximate surface area is 156 Å². The lowest BCUT2D eigenvalue weighted by Crippen LogP contribution is -2.49. The smallest absolute Gasteiger partial charge is 0.410 e. The highest BCUT2D eigenvalue weighted by Gasteiger charge is 2.35. The molecule has 0 aliphatic carbocycles. The van der Waals surface area contributed by atoms with Crippen LogP contribution in [0.4, 0.5) is 4.79 Å². The Kier molecular flexibility index (Phi) is 6.89. The minimum absolute atomic E-state index is 0.0839. The van der Waals surface area contributed by atoms with Gasteiger partial charge < -0.3 is 19.3 Å². The van der Waals surface area contributed by atoms with Crippen LogP contribution in [0.1, 0.15) is 53.4 Å². The Morgan fingerprint density at radius 2 is 1.62 bits per heavy atom. The zero-order valence-corrected chi connectivity index (χ0v) is 16.5. The molecule has 148 valence electrons. The average Bonchev–Trinajstić information content (AvgIpc) is 2.60. The topological polar surface area (TPSA) is 76.2 Å². The van der Waals surface area contributed by atoms with Crippen LogP contribution in [-0.2, 0) is 19.1 Å². The maximum absolute atomic E-state index is 12.8. The molecule has 2 aliphatic heterocycles. The van der Waals surface area contributed by atoms with Gasteiger partial charge in [0.05, 0.1) is 18.4 Å². The van der Waals surface area contributed by atoms with E-state index in [1.807, 2.05) is 25.7 Å². The standard InChI is InChI=1S/C19H32N2O5/c1-5-25-17(23)14-8-11-20(12-9-14)16(22)15-7-6-10-21(13-15)18(24)26-19(2,3)4/h14-15H,5-13H2,1-4H3. The van der Waals surface area contributed by atoms with Crippen molar-refractivity contribution in [2.24, 2.45) is 11.8 Å². The van der Waals surface area contributed by atoms with Crippen LogP contribution in [0.2, 0.25) is 0 Å². The first-order chi connectivity index (χ1) is 12.2. The molecular weight excluding hydrogens is 336 g/mol. The first-order valence-corrected chi connectivity index (χ1v) is 9.64. The summed E-state index contributed by atoms with van der Waals surface area (Å²) in [7, 11) is 0. The van der Waals surface area contributed by atoms with Gasteiger partial charge in [0.2, 0.25) is 5.91 Å². The highest BCUT2D eigenvalue weighted by Crippen LogP contribution is 2.25. The van der Waals surface area contributed by atoms with Gasteiger partial charge in [-0.2, -0.15) is 0 Å². The third-order valence-electron chi connectivity index (χ3n) is 4.85. The van der Waals surface area contributed by atoms with E-state index in [0.717, 1.165) is 12.8 Å². The summed E-state index contributed by atoms with van der Waals surface area (Å²) < 4.78 is 10.5. The molecule has 0 N–H and O–H groups in total. The van der Waals surface area contributed by atoms with Crippen molar-refractivity contribution in [2.45, 2.75) is 59.0 Å². The number of amides is 2. The highest BCUT2D eigenvalue weighted by molar-refractivity contribution is 5.81. The maximum atomic E-state index is 12.8. The van der Waals surface area contributed by atoms with E-state index in [1.165, 1.54) is 0 Å². The summed E-state index contributed by atoms with van der Waals surface area (Å²) in [5, 5.41) is 0. The molecular formula is C19H32N2O5. The molecule has 2 saturated heterocycles. The van der Waals surface area contributed by atoms with Crippen molar-refractivity contribution in [1.82, 2.24) is 9.80 Å². The summed E-state index contributed by atoms with van der Waals surface area (Å²) in [5.74, 6) is -0.368. The molecule has 7 nitrogen and oxygen atoms in total. The quantitative estimate of drug-likeness (QED) is 0.715. The summed E-state index contributed by atoms with van der Waals surface area (Å²) in [6.45, 7) is 9.89. The van der Waals surface area contributed by atoms with Gasteiger partial charge in [-0.3, -0.25) is 9.59 Å². The van der Waals surface area contributed by atoms with Crippen LogP contribution in [0.15, 0.2) is 0 Å². The van der Waals surface area contributed by atoms with Gasteiger partial charge in [-0.25, -0.2) is 4.79 Å². The first kappa shape index (κ1) is 20.5. The molecule has 0 saturated carbocycles. The second-order valence-electron chi connectivity index (χ2n) is 8.12. The average molecular weight is 368 g/mol.